The van der Waals surface area contributed by atoms with Gasteiger partial charge in [-0.3, -0.25) is 0 Å². The minimum Gasteiger partial charge on any atom is -0.348 e. The summed E-state index contributed by atoms with van der Waals surface area (Å²) in [6, 6.07) is 6.99. The van der Waals surface area contributed by atoms with Crippen molar-refractivity contribution in [1.82, 2.24) is 4.90 Å². The number of hydrogen-bond donors (Lipinski definition) is 1. The molecule has 0 radical (unpaired) electrons. The van der Waals surface area contributed by atoms with Crippen LogP contribution in [0.3, 0.4) is 0 Å². The third kappa shape index (κ3) is 3.48. The molecule has 5 nitrogen and oxygen atoms in total. The van der Waals surface area contributed by atoms with Crippen LogP contribution in [-0.4, -0.2) is 43.0 Å². The molecule has 2 saturated heterocycles. The first kappa shape index (κ1) is 14.6. The van der Waals surface area contributed by atoms with Gasteiger partial charge in [0.2, 0.25) is 0 Å². The second-order valence-electron chi connectivity index (χ2n) is 5.30. The maximum Gasteiger partial charge on any atom is 0.322 e. The van der Waals surface area contributed by atoms with Crippen molar-refractivity contribution >= 4 is 23.3 Å². The van der Waals surface area contributed by atoms with Gasteiger partial charge in [-0.2, -0.15) is 0 Å². The zero-order valence-corrected chi connectivity index (χ0v) is 12.5. The number of likely N-dealkylation sites (tertiary alicyclic amines) is 1. The molecule has 0 aliphatic carbocycles. The smallest absolute Gasteiger partial charge is 0.322 e. The van der Waals surface area contributed by atoms with E-state index in [9.17, 15) is 4.79 Å². The van der Waals surface area contributed by atoms with E-state index in [2.05, 4.69) is 5.32 Å². The van der Waals surface area contributed by atoms with Crippen LogP contribution in [0, 0.1) is 0 Å². The number of carbonyl (C=O) groups is 1. The molecule has 2 fully saturated rings. The van der Waals surface area contributed by atoms with E-state index >= 15 is 0 Å². The van der Waals surface area contributed by atoms with Gasteiger partial charge in [0.05, 0.1) is 19.3 Å². The Labute approximate surface area is 129 Å². The van der Waals surface area contributed by atoms with Crippen LogP contribution >= 0.6 is 11.6 Å². The van der Waals surface area contributed by atoms with E-state index in [4.69, 9.17) is 21.1 Å². The van der Waals surface area contributed by atoms with Gasteiger partial charge >= 0.3 is 6.03 Å². The first-order valence-electron chi connectivity index (χ1n) is 7.30. The topological polar surface area (TPSA) is 50.8 Å². The fourth-order valence-electron chi connectivity index (χ4n) is 2.82. The first-order valence-corrected chi connectivity index (χ1v) is 7.68. The molecule has 3 rings (SSSR count). The van der Waals surface area contributed by atoms with Crippen molar-refractivity contribution in [2.75, 3.05) is 25.1 Å². The third-order valence-corrected chi connectivity index (χ3v) is 4.12. The Kier molecular flexibility index (Phi) is 4.63. The van der Waals surface area contributed by atoms with E-state index in [1.165, 1.54) is 0 Å². The van der Waals surface area contributed by atoms with Crippen LogP contribution < -0.4 is 5.32 Å². The lowest BCUT2D eigenvalue weighted by Gasteiger charge is -2.37. The first-order chi connectivity index (χ1) is 10.2. The largest absolute Gasteiger partial charge is 0.348 e. The van der Waals surface area contributed by atoms with E-state index < -0.39 is 0 Å². The summed E-state index contributed by atoms with van der Waals surface area (Å²) in [5.74, 6) is 0. The molecule has 1 N–H and O–H groups in total. The molecule has 1 aromatic rings. The van der Waals surface area contributed by atoms with Gasteiger partial charge in [-0.15, -0.1) is 0 Å². The molecular weight excluding hydrogens is 292 g/mol. The molecule has 2 aliphatic heterocycles. The second-order valence-corrected chi connectivity index (χ2v) is 5.74. The highest BCUT2D eigenvalue weighted by atomic mass is 35.5. The number of nitrogens with one attached hydrogen (secondary N) is 1. The summed E-state index contributed by atoms with van der Waals surface area (Å²) in [7, 11) is 0. The molecule has 114 valence electrons. The van der Waals surface area contributed by atoms with Gasteiger partial charge in [-0.05, 0) is 43.5 Å². The summed E-state index contributed by atoms with van der Waals surface area (Å²) in [6.07, 6.45) is 2.73. The Morgan fingerprint density at radius 3 is 2.62 bits per heavy atom. The minimum atomic E-state index is -0.290. The van der Waals surface area contributed by atoms with Crippen molar-refractivity contribution < 1.29 is 14.3 Å². The zero-order chi connectivity index (χ0) is 14.7. The second kappa shape index (κ2) is 6.64. The summed E-state index contributed by atoms with van der Waals surface area (Å²) < 4.78 is 11.2. The van der Waals surface area contributed by atoms with Crippen molar-refractivity contribution in [3.05, 3.63) is 29.3 Å². The molecule has 0 spiro atoms. The number of hydrogen-bond acceptors (Lipinski definition) is 3. The number of piperidine rings is 1. The number of anilines is 1. The van der Waals surface area contributed by atoms with E-state index in [0.717, 1.165) is 31.5 Å². The minimum absolute atomic E-state index is 0.00597. The quantitative estimate of drug-likeness (QED) is 0.913. The fourth-order valence-corrected chi connectivity index (χ4v) is 2.95. The summed E-state index contributed by atoms with van der Waals surface area (Å²) in [5, 5.41) is 3.56. The summed E-state index contributed by atoms with van der Waals surface area (Å²) >= 11 is 5.85. The Morgan fingerprint density at radius 2 is 1.90 bits per heavy atom. The zero-order valence-electron chi connectivity index (χ0n) is 11.8. The van der Waals surface area contributed by atoms with Gasteiger partial charge in [0.15, 0.2) is 6.29 Å². The molecule has 2 aliphatic rings. The molecule has 1 atom stereocenters. The van der Waals surface area contributed by atoms with Crippen LogP contribution in [0.15, 0.2) is 24.3 Å². The van der Waals surface area contributed by atoms with Gasteiger partial charge < -0.3 is 19.7 Å². The Balaban J connectivity index is 1.67. The molecule has 6 heteroatoms. The van der Waals surface area contributed by atoms with E-state index in [-0.39, 0.29) is 18.4 Å². The van der Waals surface area contributed by atoms with Crippen LogP contribution in [-0.2, 0) is 9.47 Å². The maximum atomic E-state index is 12.5. The van der Waals surface area contributed by atoms with Gasteiger partial charge in [0.1, 0.15) is 0 Å². The molecule has 0 saturated carbocycles. The third-order valence-electron chi connectivity index (χ3n) is 3.87. The number of rotatable bonds is 2. The van der Waals surface area contributed by atoms with Crippen molar-refractivity contribution in [2.45, 2.75) is 31.6 Å². The van der Waals surface area contributed by atoms with Crippen LogP contribution in [0.4, 0.5) is 10.5 Å². The lowest BCUT2D eigenvalue weighted by molar-refractivity contribution is -0.0973. The van der Waals surface area contributed by atoms with Crippen LogP contribution in [0.25, 0.3) is 0 Å². The average molecular weight is 311 g/mol. The number of amides is 2. The molecule has 2 heterocycles. The fraction of sp³-hybridized carbons (Fsp3) is 0.533. The molecular formula is C15H19ClN2O3. The molecule has 0 bridgehead atoms. The number of urea groups is 1. The Bertz CT molecular complexity index is 488. The summed E-state index contributed by atoms with van der Waals surface area (Å²) in [4.78, 5) is 14.3. The molecule has 21 heavy (non-hydrogen) atoms. The maximum absolute atomic E-state index is 12.5. The van der Waals surface area contributed by atoms with Crippen molar-refractivity contribution in [1.29, 1.82) is 0 Å². The standard InChI is InChI=1S/C15H19ClN2O3/c16-11-4-6-12(7-5-11)17-15(19)18-8-2-1-3-13(18)14-20-9-10-21-14/h4-7,13-14H,1-3,8-10H2,(H,17,19)/t13-/m1/s1. The normalized spacial score (nSPS) is 23.3. The molecule has 1 aromatic carbocycles. The van der Waals surface area contributed by atoms with E-state index in [0.29, 0.717) is 18.2 Å². The van der Waals surface area contributed by atoms with Crippen molar-refractivity contribution in [3.8, 4) is 0 Å². The summed E-state index contributed by atoms with van der Waals surface area (Å²) in [5.41, 5.74) is 0.738. The number of benzene rings is 1. The van der Waals surface area contributed by atoms with E-state index in [1.807, 2.05) is 4.90 Å². The number of halogens is 1. The number of ether oxygens (including phenoxy) is 2. The van der Waals surface area contributed by atoms with Gasteiger partial charge in [-0.25, -0.2) is 4.79 Å². The average Bonchev–Trinajstić information content (AvgIpc) is 3.04. The highest BCUT2D eigenvalue weighted by Gasteiger charge is 2.36. The molecule has 2 amide bonds. The predicted octanol–water partition coefficient (Wildman–Crippen LogP) is 3.10. The predicted molar refractivity (Wildman–Crippen MR) is 80.5 cm³/mol. The Morgan fingerprint density at radius 1 is 1.19 bits per heavy atom. The van der Waals surface area contributed by atoms with Crippen LogP contribution in [0.5, 0.6) is 0 Å². The SMILES string of the molecule is O=C(Nc1ccc(Cl)cc1)N1CCCC[C@@H]1C1OCCO1. The molecule has 0 unspecified atom stereocenters. The van der Waals surface area contributed by atoms with Crippen molar-refractivity contribution in [3.63, 3.8) is 0 Å². The lowest BCUT2D eigenvalue weighted by atomic mass is 10.0. The number of nitrogens with zero attached hydrogens (tertiary/aromatic N) is 1. The van der Waals surface area contributed by atoms with Gasteiger partial charge in [0, 0.05) is 17.3 Å². The van der Waals surface area contributed by atoms with E-state index in [1.54, 1.807) is 24.3 Å². The van der Waals surface area contributed by atoms with Crippen molar-refractivity contribution in [2.24, 2.45) is 0 Å². The summed E-state index contributed by atoms with van der Waals surface area (Å²) in [6.45, 7) is 1.94. The Hall–Kier alpha value is -1.30. The van der Waals surface area contributed by atoms with Gasteiger partial charge in [-0.1, -0.05) is 11.6 Å². The lowest BCUT2D eigenvalue weighted by Crippen LogP contribution is -2.51. The highest BCUT2D eigenvalue weighted by molar-refractivity contribution is 6.30. The number of carbonyl (C=O) groups excluding carboxylic acids is 1. The van der Waals surface area contributed by atoms with Crippen LogP contribution in [0.1, 0.15) is 19.3 Å². The molecule has 0 aromatic heterocycles. The van der Waals surface area contributed by atoms with Crippen LogP contribution in [0.2, 0.25) is 5.02 Å². The monoisotopic (exact) mass is 310 g/mol. The van der Waals surface area contributed by atoms with Gasteiger partial charge in [0.25, 0.3) is 0 Å². The highest BCUT2D eigenvalue weighted by Crippen LogP contribution is 2.25.